The lowest BCUT2D eigenvalue weighted by Crippen LogP contribution is -2.13. The Bertz CT molecular complexity index is 164. The summed E-state index contributed by atoms with van der Waals surface area (Å²) in [4.78, 5) is 0. The maximum atomic E-state index is 5.63. The highest BCUT2D eigenvalue weighted by molar-refractivity contribution is 8.25. The Morgan fingerprint density at radius 3 is 2.25 bits per heavy atom. The van der Waals surface area contributed by atoms with Gasteiger partial charge in [0, 0.05) is 31.9 Å². The third-order valence-electron chi connectivity index (χ3n) is 1.23. The van der Waals surface area contributed by atoms with E-state index in [0.29, 0.717) is 0 Å². The van der Waals surface area contributed by atoms with Crippen LogP contribution in [0.15, 0.2) is 0 Å². The fourth-order valence-electron chi connectivity index (χ4n) is 0.643. The maximum absolute atomic E-state index is 5.63. The van der Waals surface area contributed by atoms with E-state index in [2.05, 4.69) is 0 Å². The topological polar surface area (TPSA) is 21.7 Å². The first-order valence-electron chi connectivity index (χ1n) is 3.42. The molecule has 12 heavy (non-hydrogen) atoms. The molecule has 74 valence electrons. The van der Waals surface area contributed by atoms with Crippen LogP contribution in [-0.4, -0.2) is 24.8 Å². The molecule has 3 nitrogen and oxygen atoms in total. The molecule has 7 heteroatoms. The summed E-state index contributed by atoms with van der Waals surface area (Å²) in [5, 5.41) is 0. The zero-order chi connectivity index (χ0) is 9.61. The number of nitrogens with zero attached hydrogens (tertiary/aromatic N) is 1. The lowest BCUT2D eigenvalue weighted by Gasteiger charge is -2.27. The summed E-state index contributed by atoms with van der Waals surface area (Å²) in [7, 11) is 8.72. The van der Waals surface area contributed by atoms with E-state index in [0.717, 1.165) is 24.1 Å². The van der Waals surface area contributed by atoms with E-state index < -0.39 is 6.64 Å². The highest BCUT2D eigenvalue weighted by Gasteiger charge is 2.25. The van der Waals surface area contributed by atoms with Crippen LogP contribution in [0.2, 0.25) is 0 Å². The largest absolute Gasteiger partial charge is 0.321 e. The Labute approximate surface area is 87.6 Å². The Morgan fingerprint density at radius 2 is 2.00 bits per heavy atom. The lowest BCUT2D eigenvalue weighted by molar-refractivity contribution is 0.306. The van der Waals surface area contributed by atoms with Crippen LogP contribution in [0.25, 0.3) is 0 Å². The fourth-order valence-corrected chi connectivity index (χ4v) is 4.37. The maximum Gasteiger partial charge on any atom is 0.274 e. The molecule has 0 atom stereocenters. The van der Waals surface area contributed by atoms with Crippen LogP contribution in [0.3, 0.4) is 0 Å². The van der Waals surface area contributed by atoms with Crippen molar-refractivity contribution in [1.82, 2.24) is 4.08 Å². The Kier molecular flexibility index (Phi) is 7.24. The molecule has 0 rings (SSSR count). The molecule has 0 aromatic rings. The minimum Gasteiger partial charge on any atom is -0.321 e. The third kappa shape index (κ3) is 3.50. The highest BCUT2D eigenvalue weighted by atomic mass is 35.7. The Morgan fingerprint density at radius 1 is 1.50 bits per heavy atom. The van der Waals surface area contributed by atoms with E-state index in [1.807, 2.05) is 6.92 Å². The zero-order valence-electron chi connectivity index (χ0n) is 7.32. The van der Waals surface area contributed by atoms with E-state index in [4.69, 9.17) is 31.5 Å². The van der Waals surface area contributed by atoms with Crippen molar-refractivity contribution in [3.05, 3.63) is 0 Å². The van der Waals surface area contributed by atoms with Gasteiger partial charge in [0.05, 0.1) is 0 Å². The number of hydrogen-bond acceptors (Lipinski definition) is 4. The van der Waals surface area contributed by atoms with E-state index in [1.54, 1.807) is 18.3 Å². The molecule has 0 aliphatic rings. The molecule has 0 radical (unpaired) electrons. The van der Waals surface area contributed by atoms with Gasteiger partial charge in [-0.15, -0.1) is 0 Å². The van der Waals surface area contributed by atoms with Crippen molar-refractivity contribution >= 4 is 40.3 Å². The Balaban J connectivity index is 4.33. The van der Waals surface area contributed by atoms with Gasteiger partial charge < -0.3 is 9.05 Å². The van der Waals surface area contributed by atoms with Crippen molar-refractivity contribution < 1.29 is 9.05 Å². The van der Waals surface area contributed by atoms with Gasteiger partial charge in [0.1, 0.15) is 0 Å². The molecule has 0 heterocycles. The van der Waals surface area contributed by atoms with Crippen LogP contribution in [0.1, 0.15) is 13.3 Å². The van der Waals surface area contributed by atoms with Crippen LogP contribution in [0.5, 0.6) is 0 Å². The van der Waals surface area contributed by atoms with Crippen LogP contribution in [0, 0.1) is 0 Å². The second kappa shape index (κ2) is 6.60. The van der Waals surface area contributed by atoms with Gasteiger partial charge >= 0.3 is 0 Å². The summed E-state index contributed by atoms with van der Waals surface area (Å²) in [5.74, 6) is 0. The van der Waals surface area contributed by atoms with Gasteiger partial charge in [-0.3, -0.25) is 0 Å². The van der Waals surface area contributed by atoms with Crippen LogP contribution < -0.4 is 0 Å². The van der Waals surface area contributed by atoms with Crippen molar-refractivity contribution in [1.29, 1.82) is 0 Å². The minimum absolute atomic E-state index is 0.771. The molecule has 0 aromatic carbocycles. The van der Waals surface area contributed by atoms with Gasteiger partial charge in [-0.05, 0) is 28.9 Å². The SMILES string of the molecule is CCCN(SCl)P(=S)(OC)OC. The molecule has 0 aliphatic carbocycles. The predicted octanol–water partition coefficient (Wildman–Crippen LogP) is 3.02. The van der Waals surface area contributed by atoms with Gasteiger partial charge in [-0.1, -0.05) is 6.92 Å². The highest BCUT2D eigenvalue weighted by Crippen LogP contribution is 2.55. The third-order valence-corrected chi connectivity index (χ3v) is 6.71. The number of rotatable bonds is 6. The molecule has 0 saturated heterocycles. The molecule has 0 aromatic heterocycles. The summed E-state index contributed by atoms with van der Waals surface area (Å²) < 4.78 is 12.0. The van der Waals surface area contributed by atoms with Crippen molar-refractivity contribution in [2.75, 3.05) is 20.8 Å². The molecule has 0 saturated carbocycles. The predicted molar refractivity (Wildman–Crippen MR) is 58.7 cm³/mol. The second-order valence-corrected chi connectivity index (χ2v) is 6.78. The van der Waals surface area contributed by atoms with Gasteiger partial charge in [-0.25, -0.2) is 0 Å². The summed E-state index contributed by atoms with van der Waals surface area (Å²) in [6, 6.07) is 0. The van der Waals surface area contributed by atoms with E-state index in [-0.39, 0.29) is 0 Å². The summed E-state index contributed by atoms with van der Waals surface area (Å²) >= 11 is 6.23. The molecule has 0 N–H and O–H groups in total. The van der Waals surface area contributed by atoms with E-state index >= 15 is 0 Å². The summed E-state index contributed by atoms with van der Waals surface area (Å²) in [6.07, 6.45) is 0.963. The molecule has 0 unspecified atom stereocenters. The normalized spacial score (nSPS) is 12.4. The molecule has 0 amide bonds. The van der Waals surface area contributed by atoms with E-state index in [1.165, 1.54) is 0 Å². The minimum atomic E-state index is -2.31. The van der Waals surface area contributed by atoms with Crippen molar-refractivity contribution in [3.8, 4) is 0 Å². The first-order valence-corrected chi connectivity index (χ1v) is 7.61. The average Bonchev–Trinajstić information content (AvgIpc) is 2.13. The summed E-state index contributed by atoms with van der Waals surface area (Å²) in [6.45, 7) is 0.508. The van der Waals surface area contributed by atoms with E-state index in [9.17, 15) is 0 Å². The van der Waals surface area contributed by atoms with Crippen LogP contribution in [0.4, 0.5) is 0 Å². The first-order chi connectivity index (χ1) is 5.64. The average molecular weight is 250 g/mol. The van der Waals surface area contributed by atoms with Crippen molar-refractivity contribution in [2.24, 2.45) is 0 Å². The molecule has 0 bridgehead atoms. The monoisotopic (exact) mass is 249 g/mol. The molecular formula is C5H13ClNO2PS2. The van der Waals surface area contributed by atoms with Crippen molar-refractivity contribution in [2.45, 2.75) is 13.3 Å². The lowest BCUT2D eigenvalue weighted by atomic mass is 10.5. The zero-order valence-corrected chi connectivity index (χ0v) is 10.6. The van der Waals surface area contributed by atoms with Crippen LogP contribution in [-0.2, 0) is 20.9 Å². The van der Waals surface area contributed by atoms with Crippen molar-refractivity contribution in [3.63, 3.8) is 0 Å². The van der Waals surface area contributed by atoms with Gasteiger partial charge in [-0.2, -0.15) is 4.08 Å². The molecule has 0 fully saturated rings. The van der Waals surface area contributed by atoms with Gasteiger partial charge in [0.2, 0.25) is 0 Å². The quantitative estimate of drug-likeness (QED) is 0.532. The first kappa shape index (κ1) is 13.2. The van der Waals surface area contributed by atoms with Gasteiger partial charge in [0.25, 0.3) is 6.64 Å². The second-order valence-electron chi connectivity index (χ2n) is 1.98. The molecule has 0 aliphatic heterocycles. The molecular weight excluding hydrogens is 237 g/mol. The fraction of sp³-hybridized carbons (Fsp3) is 1.00. The standard InChI is InChI=1S/C5H13ClNO2PS2/c1-4-5-7(12-6)10(11,8-2)9-3/h4-5H2,1-3H3. The number of hydrogen-bond donors (Lipinski definition) is 0. The summed E-state index contributed by atoms with van der Waals surface area (Å²) in [5.41, 5.74) is 0. The Hall–Kier alpha value is 1.17. The number of halogens is 1. The smallest absolute Gasteiger partial charge is 0.274 e. The van der Waals surface area contributed by atoms with Crippen LogP contribution >= 0.6 is 28.5 Å². The molecule has 0 spiro atoms. The van der Waals surface area contributed by atoms with Gasteiger partial charge in [0.15, 0.2) is 0 Å².